The van der Waals surface area contributed by atoms with Gasteiger partial charge >= 0.3 is 5.97 Å². The summed E-state index contributed by atoms with van der Waals surface area (Å²) in [5, 5.41) is 20.1. The van der Waals surface area contributed by atoms with Gasteiger partial charge in [-0.1, -0.05) is 27.7 Å². The van der Waals surface area contributed by atoms with Crippen molar-refractivity contribution in [1.82, 2.24) is 0 Å². The average Bonchev–Trinajstić information content (AvgIpc) is 2.37. The third-order valence-corrected chi connectivity index (χ3v) is 4.17. The SMILES string of the molecule is Cc1cc(Sc2cc(Br)ccc2C(=O)O)cc([N+](=O)[O-])c1. The van der Waals surface area contributed by atoms with Gasteiger partial charge in [0.25, 0.3) is 5.69 Å². The van der Waals surface area contributed by atoms with E-state index in [0.717, 1.165) is 10.0 Å². The van der Waals surface area contributed by atoms with Crippen molar-refractivity contribution in [3.05, 3.63) is 62.1 Å². The van der Waals surface area contributed by atoms with Crippen LogP contribution in [0.3, 0.4) is 0 Å². The maximum atomic E-state index is 11.2. The highest BCUT2D eigenvalue weighted by molar-refractivity contribution is 9.10. The molecule has 7 heteroatoms. The van der Waals surface area contributed by atoms with Crippen molar-refractivity contribution in [2.24, 2.45) is 0 Å². The molecular weight excluding hydrogens is 358 g/mol. The van der Waals surface area contributed by atoms with Crippen LogP contribution in [0.1, 0.15) is 15.9 Å². The molecule has 2 rings (SSSR count). The van der Waals surface area contributed by atoms with Crippen LogP contribution in [0.5, 0.6) is 0 Å². The summed E-state index contributed by atoms with van der Waals surface area (Å²) in [5.74, 6) is -1.04. The number of carbonyl (C=O) groups is 1. The third kappa shape index (κ3) is 3.83. The zero-order valence-electron chi connectivity index (χ0n) is 10.9. The fraction of sp³-hybridized carbons (Fsp3) is 0.0714. The fourth-order valence-electron chi connectivity index (χ4n) is 1.78. The van der Waals surface area contributed by atoms with E-state index in [-0.39, 0.29) is 11.3 Å². The largest absolute Gasteiger partial charge is 0.478 e. The number of carboxylic acid groups (broad SMARTS) is 1. The van der Waals surface area contributed by atoms with E-state index in [4.69, 9.17) is 0 Å². The third-order valence-electron chi connectivity index (χ3n) is 2.65. The number of non-ortho nitro benzene ring substituents is 1. The Labute approximate surface area is 133 Å². The second kappa shape index (κ2) is 6.28. The Morgan fingerprint density at radius 3 is 2.62 bits per heavy atom. The Morgan fingerprint density at radius 2 is 2.00 bits per heavy atom. The molecule has 0 saturated heterocycles. The van der Waals surface area contributed by atoms with Crippen LogP contribution in [0.25, 0.3) is 0 Å². The van der Waals surface area contributed by atoms with E-state index < -0.39 is 10.9 Å². The quantitative estimate of drug-likeness (QED) is 0.634. The number of nitrogens with zero attached hydrogens (tertiary/aromatic N) is 1. The van der Waals surface area contributed by atoms with Crippen LogP contribution in [0.2, 0.25) is 0 Å². The van der Waals surface area contributed by atoms with Crippen LogP contribution in [0.15, 0.2) is 50.7 Å². The Balaban J connectivity index is 2.45. The summed E-state index contributed by atoms with van der Waals surface area (Å²) in [5.41, 5.74) is 0.898. The molecule has 5 nitrogen and oxygen atoms in total. The zero-order chi connectivity index (χ0) is 15.6. The van der Waals surface area contributed by atoms with E-state index in [0.29, 0.717) is 9.79 Å². The fourth-order valence-corrected chi connectivity index (χ4v) is 3.42. The van der Waals surface area contributed by atoms with Crippen LogP contribution >= 0.6 is 27.7 Å². The topological polar surface area (TPSA) is 80.4 Å². The van der Waals surface area contributed by atoms with E-state index in [9.17, 15) is 20.0 Å². The number of nitro benzene ring substituents is 1. The molecule has 0 bridgehead atoms. The van der Waals surface area contributed by atoms with Crippen LogP contribution in [0, 0.1) is 17.0 Å². The second-order valence-corrected chi connectivity index (χ2v) is 6.34. The summed E-state index contributed by atoms with van der Waals surface area (Å²) < 4.78 is 0.747. The van der Waals surface area contributed by atoms with Crippen molar-refractivity contribution in [1.29, 1.82) is 0 Å². The summed E-state index contributed by atoms with van der Waals surface area (Å²) in [7, 11) is 0. The summed E-state index contributed by atoms with van der Waals surface area (Å²) in [6.45, 7) is 1.76. The van der Waals surface area contributed by atoms with Crippen molar-refractivity contribution in [2.75, 3.05) is 0 Å². The Bertz CT molecular complexity index is 733. The van der Waals surface area contributed by atoms with Gasteiger partial charge in [0.05, 0.1) is 10.5 Å². The smallest absolute Gasteiger partial charge is 0.336 e. The monoisotopic (exact) mass is 367 g/mol. The maximum absolute atomic E-state index is 11.2. The highest BCUT2D eigenvalue weighted by atomic mass is 79.9. The van der Waals surface area contributed by atoms with Gasteiger partial charge in [0.2, 0.25) is 0 Å². The van der Waals surface area contributed by atoms with Gasteiger partial charge in [0.15, 0.2) is 0 Å². The van der Waals surface area contributed by atoms with Gasteiger partial charge in [-0.2, -0.15) is 0 Å². The van der Waals surface area contributed by atoms with Crippen molar-refractivity contribution < 1.29 is 14.8 Å². The minimum atomic E-state index is -1.04. The Kier molecular flexibility index (Phi) is 4.64. The number of hydrogen-bond acceptors (Lipinski definition) is 4. The molecule has 0 aliphatic heterocycles. The van der Waals surface area contributed by atoms with E-state index in [1.165, 1.54) is 30.0 Å². The highest BCUT2D eigenvalue weighted by Gasteiger charge is 2.14. The van der Waals surface area contributed by atoms with Crippen LogP contribution in [-0.2, 0) is 0 Å². The van der Waals surface area contributed by atoms with Gasteiger partial charge in [0.1, 0.15) is 0 Å². The number of halogens is 1. The molecule has 0 fully saturated rings. The molecule has 2 aromatic rings. The molecule has 0 unspecified atom stereocenters. The molecule has 1 N–H and O–H groups in total. The molecule has 0 atom stereocenters. The van der Waals surface area contributed by atoms with E-state index in [1.54, 1.807) is 25.1 Å². The van der Waals surface area contributed by atoms with Gasteiger partial charge in [0, 0.05) is 26.4 Å². The predicted molar refractivity (Wildman–Crippen MR) is 83.1 cm³/mol. The summed E-state index contributed by atoms with van der Waals surface area (Å²) in [4.78, 5) is 22.8. The molecule has 0 spiro atoms. The molecule has 0 aromatic heterocycles. The minimum absolute atomic E-state index is 0.00984. The first-order valence-corrected chi connectivity index (χ1v) is 7.44. The van der Waals surface area contributed by atoms with E-state index >= 15 is 0 Å². The molecule has 0 radical (unpaired) electrons. The molecular formula is C14H10BrNO4S. The number of benzene rings is 2. The van der Waals surface area contributed by atoms with Gasteiger partial charge in [-0.25, -0.2) is 4.79 Å². The molecule has 21 heavy (non-hydrogen) atoms. The molecule has 2 aromatic carbocycles. The number of rotatable bonds is 4. The maximum Gasteiger partial charge on any atom is 0.336 e. The lowest BCUT2D eigenvalue weighted by Gasteiger charge is -2.07. The van der Waals surface area contributed by atoms with E-state index in [2.05, 4.69) is 15.9 Å². The number of carboxylic acids is 1. The lowest BCUT2D eigenvalue weighted by atomic mass is 10.2. The molecule has 0 amide bonds. The van der Waals surface area contributed by atoms with Gasteiger partial charge in [-0.15, -0.1) is 0 Å². The zero-order valence-corrected chi connectivity index (χ0v) is 13.3. The summed E-state index contributed by atoms with van der Waals surface area (Å²) in [6.07, 6.45) is 0. The van der Waals surface area contributed by atoms with Crippen molar-refractivity contribution >= 4 is 39.3 Å². The van der Waals surface area contributed by atoms with Gasteiger partial charge < -0.3 is 5.11 Å². The Hall–Kier alpha value is -1.86. The second-order valence-electron chi connectivity index (χ2n) is 4.31. The number of aromatic carboxylic acids is 1. The lowest BCUT2D eigenvalue weighted by molar-refractivity contribution is -0.385. The average molecular weight is 368 g/mol. The predicted octanol–water partition coefficient (Wildman–Crippen LogP) is 4.52. The lowest BCUT2D eigenvalue weighted by Crippen LogP contribution is -1.98. The normalized spacial score (nSPS) is 10.4. The van der Waals surface area contributed by atoms with Crippen molar-refractivity contribution in [2.45, 2.75) is 16.7 Å². The van der Waals surface area contributed by atoms with Crippen molar-refractivity contribution in [3.8, 4) is 0 Å². The molecule has 0 aliphatic rings. The molecule has 0 heterocycles. The first kappa shape index (κ1) is 15.5. The first-order chi connectivity index (χ1) is 9.86. The Morgan fingerprint density at radius 1 is 1.29 bits per heavy atom. The summed E-state index contributed by atoms with van der Waals surface area (Å²) >= 11 is 4.48. The molecule has 0 aliphatic carbocycles. The van der Waals surface area contributed by atoms with Crippen molar-refractivity contribution in [3.63, 3.8) is 0 Å². The van der Waals surface area contributed by atoms with E-state index in [1.807, 2.05) is 0 Å². The first-order valence-electron chi connectivity index (χ1n) is 5.83. The standard InChI is InChI=1S/C14H10BrNO4S/c1-8-4-10(16(19)20)7-11(5-8)21-13-6-9(15)2-3-12(13)14(17)18/h2-7H,1H3,(H,17,18). The molecule has 0 saturated carbocycles. The number of aryl methyl sites for hydroxylation is 1. The minimum Gasteiger partial charge on any atom is -0.478 e. The van der Waals surface area contributed by atoms with Gasteiger partial charge in [-0.05, 0) is 36.8 Å². The van der Waals surface area contributed by atoms with Crippen LogP contribution in [0.4, 0.5) is 5.69 Å². The van der Waals surface area contributed by atoms with Crippen LogP contribution in [-0.4, -0.2) is 16.0 Å². The van der Waals surface area contributed by atoms with Crippen LogP contribution < -0.4 is 0 Å². The summed E-state index contributed by atoms with van der Waals surface area (Å²) in [6, 6.07) is 9.52. The van der Waals surface area contributed by atoms with Gasteiger partial charge in [-0.3, -0.25) is 10.1 Å². The highest BCUT2D eigenvalue weighted by Crippen LogP contribution is 2.34. The number of hydrogen-bond donors (Lipinski definition) is 1. The molecule has 108 valence electrons. The number of nitro groups is 1.